The first-order valence-electron chi connectivity index (χ1n) is 24.5. The van der Waals surface area contributed by atoms with Crippen LogP contribution in [-0.4, -0.2) is 144 Å². The smallest absolute Gasteiger partial charge is 0.457 e. The number of carbonyl (C=O) groups is 4. The highest BCUT2D eigenvalue weighted by Crippen LogP contribution is 2.44. The maximum atomic E-state index is 16.9. The predicted octanol–water partition coefficient (Wildman–Crippen LogP) is 6.75. The molecule has 21 heteroatoms. The molecule has 3 fully saturated rings. The van der Waals surface area contributed by atoms with E-state index in [1.807, 2.05) is 40.0 Å². The number of urea groups is 1. The van der Waals surface area contributed by atoms with Gasteiger partial charge < -0.3 is 38.8 Å². The maximum Gasteiger partial charge on any atom is 0.457 e. The van der Waals surface area contributed by atoms with E-state index >= 15 is 4.39 Å². The van der Waals surface area contributed by atoms with E-state index in [0.29, 0.717) is 74.0 Å². The average molecular weight is 1020 g/mol. The molecule has 4 aliphatic heterocycles. The standard InChI is InChI=1S/C51H63F4N9O7S/c1-9-63-41-21-37(52)34-20-33(41)36(45(63)35-19-32(61-15-17-70-18-16-61)24-56-43(35)30(4)69-8)23-50(5,6)28-71-48(67)38-11-10-14-64(59-38)47(66)39(22-42-57-40(34)27-72-42)58-46(65)44(29(2)3)60(7)49(68)62-25-31(26-62)12-13-51(53,54)55/h19-21,24,27,29-31,38-39,44,59H,9-11,14-18,22-23,25-26,28H2,1-8H3,(H,58,65)/t30-,38-,39-,44-/m0/s1. The van der Waals surface area contributed by atoms with E-state index in [2.05, 4.69) is 32.2 Å². The number of pyridine rings is 1. The van der Waals surface area contributed by atoms with E-state index in [0.717, 1.165) is 27.9 Å². The number of benzene rings is 1. The number of hydrogen-bond acceptors (Lipinski definition) is 12. The van der Waals surface area contributed by atoms with Gasteiger partial charge in [-0.15, -0.1) is 11.3 Å². The van der Waals surface area contributed by atoms with Crippen molar-refractivity contribution in [2.24, 2.45) is 17.3 Å². The molecule has 0 unspecified atom stereocenters. The minimum absolute atomic E-state index is 0.00759. The number of hydrogen-bond donors (Lipinski definition) is 2. The first-order valence-corrected chi connectivity index (χ1v) is 25.4. The average Bonchev–Trinajstić information content (AvgIpc) is 3.91. The van der Waals surface area contributed by atoms with E-state index in [-0.39, 0.29) is 38.2 Å². The number of hydrazine groups is 1. The lowest BCUT2D eigenvalue weighted by Gasteiger charge is -2.41. The summed E-state index contributed by atoms with van der Waals surface area (Å²) in [6.45, 7) is 14.6. The number of anilines is 1. The van der Waals surface area contributed by atoms with Gasteiger partial charge >= 0.3 is 18.2 Å². The monoisotopic (exact) mass is 1020 g/mol. The molecule has 2 N–H and O–H groups in total. The summed E-state index contributed by atoms with van der Waals surface area (Å²) in [6.07, 6.45) is -2.08. The molecule has 0 aliphatic carbocycles. The lowest BCUT2D eigenvalue weighted by Crippen LogP contribution is -2.63. The van der Waals surface area contributed by atoms with Crippen molar-refractivity contribution >= 4 is 51.7 Å². The number of esters is 1. The number of aryl methyl sites for hydroxylation is 1. The van der Waals surface area contributed by atoms with E-state index in [9.17, 15) is 32.3 Å². The van der Waals surface area contributed by atoms with Crippen molar-refractivity contribution in [1.82, 2.24) is 40.1 Å². The molecule has 4 atom stereocenters. The van der Waals surface area contributed by atoms with Crippen LogP contribution >= 0.6 is 11.3 Å². The SMILES string of the molecule is CCn1c(-c2cc(N3CCOCC3)cnc2[C@H](C)OC)c2c3cc(c(F)cc31)-c1csc(n1)C[C@H](NC(=O)[C@H](C(C)C)N(C)C(=O)N1CC(C#CC(F)(F)F)C1)C(=O)N1CCC[C@H](N1)C(=O)OCC(C)(C)C2. The Hall–Kier alpha value is -5.82. The van der Waals surface area contributed by atoms with Crippen LogP contribution in [0.1, 0.15) is 76.8 Å². The summed E-state index contributed by atoms with van der Waals surface area (Å²) in [5.41, 5.74) is 7.81. The van der Waals surface area contributed by atoms with Crippen molar-refractivity contribution in [3.8, 4) is 34.4 Å². The first kappa shape index (κ1) is 52.5. The molecular weight excluding hydrogens is 959 g/mol. The van der Waals surface area contributed by atoms with Gasteiger partial charge in [0.2, 0.25) is 5.91 Å². The second-order valence-electron chi connectivity index (χ2n) is 20.1. The van der Waals surface area contributed by atoms with Crippen molar-refractivity contribution in [3.05, 3.63) is 51.9 Å². The highest BCUT2D eigenvalue weighted by atomic mass is 32.1. The molecule has 7 heterocycles. The van der Waals surface area contributed by atoms with Crippen molar-refractivity contribution in [3.63, 3.8) is 0 Å². The number of rotatable bonds is 9. The minimum atomic E-state index is -4.65. The van der Waals surface area contributed by atoms with Crippen molar-refractivity contribution < 1.29 is 51.0 Å². The Morgan fingerprint density at radius 1 is 1.10 bits per heavy atom. The van der Waals surface area contributed by atoms with Crippen LogP contribution in [0.2, 0.25) is 0 Å². The van der Waals surface area contributed by atoms with Crippen LogP contribution in [0.15, 0.2) is 29.8 Å². The van der Waals surface area contributed by atoms with Gasteiger partial charge in [0.05, 0.1) is 71.3 Å². The second kappa shape index (κ2) is 21.3. The molecule has 72 heavy (non-hydrogen) atoms. The van der Waals surface area contributed by atoms with Gasteiger partial charge in [0.1, 0.15) is 23.9 Å². The summed E-state index contributed by atoms with van der Waals surface area (Å²) in [5.74, 6) is -0.0226. The lowest BCUT2D eigenvalue weighted by molar-refractivity contribution is -0.155. The van der Waals surface area contributed by atoms with Crippen LogP contribution in [0, 0.1) is 34.9 Å². The fraction of sp³-hybridized carbons (Fsp3) is 0.569. The zero-order valence-electron chi connectivity index (χ0n) is 42.0. The molecular formula is C51H63F4N9O7S. The molecule has 8 rings (SSSR count). The molecule has 4 aliphatic rings. The van der Waals surface area contributed by atoms with Crippen LogP contribution in [-0.2, 0) is 48.0 Å². The number of likely N-dealkylation sites (tertiary alicyclic amines) is 1. The largest absolute Gasteiger partial charge is 0.464 e. The Morgan fingerprint density at radius 3 is 2.51 bits per heavy atom. The molecule has 3 saturated heterocycles. The van der Waals surface area contributed by atoms with E-state index < -0.39 is 77.3 Å². The van der Waals surface area contributed by atoms with E-state index in [1.165, 1.54) is 45.2 Å². The van der Waals surface area contributed by atoms with Gasteiger partial charge in [-0.25, -0.2) is 19.6 Å². The molecule has 16 nitrogen and oxygen atoms in total. The number of amides is 4. The molecule has 1 aromatic carbocycles. The van der Waals surface area contributed by atoms with Crippen LogP contribution in [0.4, 0.5) is 28.0 Å². The number of alkyl halides is 3. The Kier molecular flexibility index (Phi) is 15.6. The molecule has 0 radical (unpaired) electrons. The second-order valence-corrected chi connectivity index (χ2v) is 21.1. The minimum Gasteiger partial charge on any atom is -0.464 e. The van der Waals surface area contributed by atoms with Gasteiger partial charge in [-0.2, -0.15) is 13.2 Å². The third-order valence-corrected chi connectivity index (χ3v) is 14.7. The number of aromatic nitrogens is 3. The van der Waals surface area contributed by atoms with E-state index in [4.69, 9.17) is 24.2 Å². The number of morpholine rings is 1. The number of ether oxygens (including phenoxy) is 3. The number of methoxy groups -OCH3 is 1. The van der Waals surface area contributed by atoms with Crippen molar-refractivity contribution in [2.75, 3.05) is 71.6 Å². The third-order valence-electron chi connectivity index (χ3n) is 13.9. The van der Waals surface area contributed by atoms with Crippen LogP contribution in [0.3, 0.4) is 0 Å². The zero-order valence-corrected chi connectivity index (χ0v) is 42.8. The number of nitrogens with one attached hydrogen (secondary N) is 2. The van der Waals surface area contributed by atoms with Gasteiger partial charge in [-0.1, -0.05) is 33.6 Å². The number of nitrogens with zero attached hydrogens (tertiary/aromatic N) is 7. The molecule has 0 saturated carbocycles. The summed E-state index contributed by atoms with van der Waals surface area (Å²) in [7, 11) is 3.06. The third kappa shape index (κ3) is 11.2. The molecule has 6 bridgehead atoms. The van der Waals surface area contributed by atoms with Gasteiger partial charge in [0.25, 0.3) is 5.91 Å². The number of carbonyl (C=O) groups excluding carboxylic acids is 4. The number of halogens is 4. The summed E-state index contributed by atoms with van der Waals surface area (Å²) in [6, 6.07) is 1.63. The molecule has 3 aromatic heterocycles. The first-order chi connectivity index (χ1) is 34.2. The van der Waals surface area contributed by atoms with Crippen LogP contribution < -0.4 is 15.6 Å². The number of cyclic esters (lactones) is 1. The number of likely N-dealkylation sites (N-methyl/N-ethyl adjacent to an activating group) is 1. The summed E-state index contributed by atoms with van der Waals surface area (Å²) in [4.78, 5) is 71.3. The zero-order chi connectivity index (χ0) is 51.8. The topological polar surface area (TPSA) is 164 Å². The Balaban J connectivity index is 1.18. The predicted molar refractivity (Wildman–Crippen MR) is 263 cm³/mol. The molecule has 4 aromatic rings. The number of fused-ring (bicyclic) bond motifs is 6. The fourth-order valence-corrected chi connectivity index (χ4v) is 10.9. The highest BCUT2D eigenvalue weighted by Gasteiger charge is 2.41. The Labute approximate surface area is 420 Å². The van der Waals surface area contributed by atoms with Gasteiger partial charge in [0.15, 0.2) is 0 Å². The fourth-order valence-electron chi connectivity index (χ4n) is 10.1. The molecule has 388 valence electrons. The Bertz CT molecular complexity index is 2760. The normalized spacial score (nSPS) is 20.8. The van der Waals surface area contributed by atoms with Crippen LogP contribution in [0.25, 0.3) is 33.4 Å². The summed E-state index contributed by atoms with van der Waals surface area (Å²) in [5, 5.41) is 7.09. The van der Waals surface area contributed by atoms with Gasteiger partial charge in [0, 0.05) is 93.1 Å². The van der Waals surface area contributed by atoms with Crippen molar-refractivity contribution in [2.45, 2.75) is 104 Å². The van der Waals surface area contributed by atoms with Gasteiger partial charge in [-0.3, -0.25) is 24.4 Å². The van der Waals surface area contributed by atoms with E-state index in [1.54, 1.807) is 26.3 Å². The summed E-state index contributed by atoms with van der Waals surface area (Å²) >= 11 is 1.20. The van der Waals surface area contributed by atoms with Crippen LogP contribution in [0.5, 0.6) is 0 Å². The van der Waals surface area contributed by atoms with Gasteiger partial charge in [-0.05, 0) is 62.8 Å². The van der Waals surface area contributed by atoms with Crippen molar-refractivity contribution in [1.29, 1.82) is 0 Å². The maximum absolute atomic E-state index is 16.9. The quantitative estimate of drug-likeness (QED) is 0.104. The highest BCUT2D eigenvalue weighted by molar-refractivity contribution is 7.10. The lowest BCUT2D eigenvalue weighted by atomic mass is 9.84. The number of thiazole rings is 1. The molecule has 4 amide bonds. The molecule has 0 spiro atoms. The summed E-state index contributed by atoms with van der Waals surface area (Å²) < 4.78 is 74.8. The Morgan fingerprint density at radius 2 is 1.83 bits per heavy atom.